The number of nitrogens with zero attached hydrogens (tertiary/aromatic N) is 3. The Kier molecular flexibility index (Phi) is 4.20. The van der Waals surface area contributed by atoms with Gasteiger partial charge in [0.2, 0.25) is 0 Å². The van der Waals surface area contributed by atoms with Crippen molar-refractivity contribution in [3.05, 3.63) is 40.3 Å². The number of halogens is 1. The van der Waals surface area contributed by atoms with Crippen LogP contribution in [0.25, 0.3) is 11.7 Å². The first-order valence-corrected chi connectivity index (χ1v) is 6.86. The highest BCUT2D eigenvalue weighted by Crippen LogP contribution is 2.15. The lowest BCUT2D eigenvalue weighted by atomic mass is 10.2. The summed E-state index contributed by atoms with van der Waals surface area (Å²) in [5, 5.41) is 11.8. The minimum Gasteiger partial charge on any atom is -0.349 e. The van der Waals surface area contributed by atoms with E-state index in [9.17, 15) is 4.79 Å². The van der Waals surface area contributed by atoms with Gasteiger partial charge in [0.15, 0.2) is 0 Å². The van der Waals surface area contributed by atoms with Crippen LogP contribution in [-0.2, 0) is 4.79 Å². The highest BCUT2D eigenvalue weighted by molar-refractivity contribution is 9.10. The fourth-order valence-corrected chi connectivity index (χ4v) is 2.05. The second-order valence-corrected chi connectivity index (χ2v) is 5.47. The molecule has 2 aromatic heterocycles. The smallest absolute Gasteiger partial charge is 0.262 e. The molecule has 0 radical (unpaired) electrons. The topological polar surface area (TPSA) is 70.2 Å². The normalized spacial score (nSPS) is 11.7. The molecule has 0 atom stereocenters. The molecule has 2 heterocycles. The number of hydrogen-bond acceptors (Lipinski definition) is 3. The van der Waals surface area contributed by atoms with Crippen molar-refractivity contribution in [3.63, 3.8) is 0 Å². The molecule has 1 N–H and O–H groups in total. The van der Waals surface area contributed by atoms with E-state index >= 15 is 0 Å². The predicted octanol–water partition coefficient (Wildman–Crippen LogP) is 2.53. The van der Waals surface area contributed by atoms with Gasteiger partial charge < -0.3 is 5.32 Å². The third kappa shape index (κ3) is 3.06. The van der Waals surface area contributed by atoms with E-state index in [0.717, 1.165) is 10.1 Å². The lowest BCUT2D eigenvalue weighted by Crippen LogP contribution is -2.30. The number of rotatable bonds is 3. The SMILES string of the molecule is CC(C)NC(=O)/C(C#N)=C\c1cnc2ccc(Br)cn12. The zero-order valence-corrected chi connectivity index (χ0v) is 12.7. The van der Waals surface area contributed by atoms with Crippen molar-refractivity contribution in [2.45, 2.75) is 19.9 Å². The Morgan fingerprint density at radius 1 is 1.55 bits per heavy atom. The van der Waals surface area contributed by atoms with Crippen molar-refractivity contribution in [2.75, 3.05) is 0 Å². The number of hydrogen-bond donors (Lipinski definition) is 1. The number of nitriles is 1. The fraction of sp³-hybridized carbons (Fsp3) is 0.214. The van der Waals surface area contributed by atoms with E-state index in [0.29, 0.717) is 5.69 Å². The summed E-state index contributed by atoms with van der Waals surface area (Å²) < 4.78 is 2.70. The van der Waals surface area contributed by atoms with E-state index in [1.54, 1.807) is 6.20 Å². The molecule has 5 nitrogen and oxygen atoms in total. The van der Waals surface area contributed by atoms with Crippen LogP contribution < -0.4 is 5.32 Å². The molecule has 0 aliphatic heterocycles. The maximum absolute atomic E-state index is 11.9. The first-order valence-electron chi connectivity index (χ1n) is 6.06. The van der Waals surface area contributed by atoms with Crippen LogP contribution in [0.4, 0.5) is 0 Å². The largest absolute Gasteiger partial charge is 0.349 e. The highest BCUT2D eigenvalue weighted by Gasteiger charge is 2.11. The molecule has 0 bridgehead atoms. The summed E-state index contributed by atoms with van der Waals surface area (Å²) in [6, 6.07) is 5.63. The van der Waals surface area contributed by atoms with Gasteiger partial charge in [-0.05, 0) is 48.0 Å². The Morgan fingerprint density at radius 3 is 2.95 bits per heavy atom. The number of imidazole rings is 1. The minimum atomic E-state index is -0.382. The van der Waals surface area contributed by atoms with Crippen molar-refractivity contribution in [1.29, 1.82) is 5.26 Å². The molecule has 0 aromatic carbocycles. The number of fused-ring (bicyclic) bond motifs is 1. The van der Waals surface area contributed by atoms with Gasteiger partial charge in [-0.15, -0.1) is 0 Å². The summed E-state index contributed by atoms with van der Waals surface area (Å²) in [5.74, 6) is -0.382. The van der Waals surface area contributed by atoms with Gasteiger partial charge in [-0.25, -0.2) is 4.98 Å². The van der Waals surface area contributed by atoms with Crippen molar-refractivity contribution in [1.82, 2.24) is 14.7 Å². The van der Waals surface area contributed by atoms with Crippen molar-refractivity contribution in [3.8, 4) is 6.07 Å². The maximum Gasteiger partial charge on any atom is 0.262 e. The van der Waals surface area contributed by atoms with Gasteiger partial charge >= 0.3 is 0 Å². The zero-order chi connectivity index (χ0) is 14.7. The summed E-state index contributed by atoms with van der Waals surface area (Å²) in [4.78, 5) is 16.1. The quantitative estimate of drug-likeness (QED) is 0.693. The van der Waals surface area contributed by atoms with Crippen LogP contribution in [0.15, 0.2) is 34.6 Å². The van der Waals surface area contributed by atoms with Gasteiger partial charge in [-0.2, -0.15) is 5.26 Å². The summed E-state index contributed by atoms with van der Waals surface area (Å²) >= 11 is 3.38. The number of amides is 1. The van der Waals surface area contributed by atoms with Crippen molar-refractivity contribution >= 4 is 33.6 Å². The summed E-state index contributed by atoms with van der Waals surface area (Å²) in [6.45, 7) is 3.69. The molecule has 0 saturated heterocycles. The van der Waals surface area contributed by atoms with Crippen molar-refractivity contribution in [2.24, 2.45) is 0 Å². The van der Waals surface area contributed by atoms with Crippen LogP contribution in [-0.4, -0.2) is 21.3 Å². The number of aromatic nitrogens is 2. The van der Waals surface area contributed by atoms with Gasteiger partial charge in [0, 0.05) is 16.7 Å². The molecule has 0 aliphatic rings. The molecule has 1 amide bonds. The number of pyridine rings is 1. The monoisotopic (exact) mass is 332 g/mol. The Labute approximate surface area is 125 Å². The van der Waals surface area contributed by atoms with Gasteiger partial charge in [0.1, 0.15) is 17.3 Å². The second kappa shape index (κ2) is 5.88. The summed E-state index contributed by atoms with van der Waals surface area (Å²) in [5.41, 5.74) is 1.48. The van der Waals surface area contributed by atoms with Crippen LogP contribution in [0.3, 0.4) is 0 Å². The van der Waals surface area contributed by atoms with Gasteiger partial charge in [0.25, 0.3) is 5.91 Å². The first kappa shape index (κ1) is 14.3. The summed E-state index contributed by atoms with van der Waals surface area (Å²) in [7, 11) is 0. The van der Waals surface area contributed by atoms with E-state index in [1.807, 2.05) is 42.6 Å². The van der Waals surface area contributed by atoms with Crippen LogP contribution in [0.1, 0.15) is 19.5 Å². The highest BCUT2D eigenvalue weighted by atomic mass is 79.9. The van der Waals surface area contributed by atoms with Gasteiger partial charge in [-0.3, -0.25) is 9.20 Å². The average molecular weight is 333 g/mol. The second-order valence-electron chi connectivity index (χ2n) is 4.56. The number of carbonyl (C=O) groups excluding carboxylic acids is 1. The standard InChI is InChI=1S/C14H13BrN4O/c1-9(2)18-14(20)10(6-16)5-12-7-17-13-4-3-11(15)8-19(12)13/h3-5,7-9H,1-2H3,(H,18,20)/b10-5-. The Bertz CT molecular complexity index is 724. The fourth-order valence-electron chi connectivity index (χ4n) is 1.72. The molecule has 0 unspecified atom stereocenters. The molecular weight excluding hydrogens is 320 g/mol. The molecule has 0 saturated carbocycles. The van der Waals surface area contributed by atoms with E-state index in [2.05, 4.69) is 26.2 Å². The molecule has 102 valence electrons. The number of carbonyl (C=O) groups is 1. The van der Waals surface area contributed by atoms with Gasteiger partial charge in [0.05, 0.1) is 11.9 Å². The third-order valence-corrected chi connectivity index (χ3v) is 3.04. The zero-order valence-electron chi connectivity index (χ0n) is 11.1. The Hall–Kier alpha value is -2.13. The molecular formula is C14H13BrN4O. The number of nitrogens with one attached hydrogen (secondary N) is 1. The third-order valence-electron chi connectivity index (χ3n) is 2.58. The van der Waals surface area contributed by atoms with Crippen LogP contribution in [0.2, 0.25) is 0 Å². The van der Waals surface area contributed by atoms with E-state index in [4.69, 9.17) is 5.26 Å². The van der Waals surface area contributed by atoms with E-state index in [-0.39, 0.29) is 17.5 Å². The van der Waals surface area contributed by atoms with E-state index in [1.165, 1.54) is 6.08 Å². The molecule has 2 aromatic rings. The molecule has 0 fully saturated rings. The van der Waals surface area contributed by atoms with Crippen LogP contribution in [0, 0.1) is 11.3 Å². The molecule has 6 heteroatoms. The molecule has 0 aliphatic carbocycles. The Balaban J connectivity index is 2.42. The van der Waals surface area contributed by atoms with E-state index < -0.39 is 0 Å². The lowest BCUT2D eigenvalue weighted by Gasteiger charge is -2.06. The van der Waals surface area contributed by atoms with Gasteiger partial charge in [-0.1, -0.05) is 0 Å². The van der Waals surface area contributed by atoms with Crippen LogP contribution >= 0.6 is 15.9 Å². The summed E-state index contributed by atoms with van der Waals surface area (Å²) in [6.07, 6.45) is 5.00. The molecule has 20 heavy (non-hydrogen) atoms. The lowest BCUT2D eigenvalue weighted by molar-refractivity contribution is -0.117. The average Bonchev–Trinajstić information content (AvgIpc) is 2.77. The molecule has 0 spiro atoms. The Morgan fingerprint density at radius 2 is 2.30 bits per heavy atom. The minimum absolute atomic E-state index is 0.0180. The molecule has 2 rings (SSSR count). The van der Waals surface area contributed by atoms with Crippen molar-refractivity contribution < 1.29 is 4.79 Å². The van der Waals surface area contributed by atoms with Crippen LogP contribution in [0.5, 0.6) is 0 Å². The first-order chi connectivity index (χ1) is 9.51. The predicted molar refractivity (Wildman–Crippen MR) is 79.8 cm³/mol. The maximum atomic E-state index is 11.9.